The van der Waals surface area contributed by atoms with Gasteiger partial charge in [-0.15, -0.1) is 0 Å². The van der Waals surface area contributed by atoms with E-state index in [-0.39, 0.29) is 11.5 Å². The van der Waals surface area contributed by atoms with Crippen LogP contribution in [-0.4, -0.2) is 34.3 Å². The molecule has 0 bridgehead atoms. The van der Waals surface area contributed by atoms with Crippen molar-refractivity contribution >= 4 is 12.4 Å². The highest BCUT2D eigenvalue weighted by Gasteiger charge is 2.25. The molecule has 0 saturated carbocycles. The average Bonchev–Trinajstić information content (AvgIpc) is 1.98. The highest BCUT2D eigenvalue weighted by Crippen LogP contribution is 2.09. The average molecular weight is 189 g/mol. The van der Waals surface area contributed by atoms with E-state index >= 15 is 0 Å². The zero-order chi connectivity index (χ0) is 10.6. The highest BCUT2D eigenvalue weighted by atomic mass is 16.6. The van der Waals surface area contributed by atoms with Crippen molar-refractivity contribution in [3.8, 4) is 0 Å². The van der Waals surface area contributed by atoms with Crippen LogP contribution in [0.2, 0.25) is 0 Å². The molecule has 0 radical (unpaired) electrons. The summed E-state index contributed by atoms with van der Waals surface area (Å²) in [6.45, 7) is 6.50. The number of hydroxylamine groups is 2. The van der Waals surface area contributed by atoms with Crippen molar-refractivity contribution < 1.29 is 19.5 Å². The third kappa shape index (κ3) is 4.47. The largest absolute Gasteiger partial charge is 0.458 e. The number of amides is 1. The molecule has 13 heavy (non-hydrogen) atoms. The van der Waals surface area contributed by atoms with Gasteiger partial charge in [0, 0.05) is 0 Å². The molecular weight excluding hydrogens is 174 g/mol. The van der Waals surface area contributed by atoms with Gasteiger partial charge < -0.3 is 4.74 Å². The summed E-state index contributed by atoms with van der Waals surface area (Å²) < 4.78 is 4.92. The topological polar surface area (TPSA) is 66.8 Å². The number of ether oxygens (including phenoxy) is 1. The van der Waals surface area contributed by atoms with Gasteiger partial charge in [-0.1, -0.05) is 0 Å². The van der Waals surface area contributed by atoms with Crippen molar-refractivity contribution in [3.63, 3.8) is 0 Å². The van der Waals surface area contributed by atoms with E-state index in [9.17, 15) is 9.59 Å². The monoisotopic (exact) mass is 189 g/mol. The van der Waals surface area contributed by atoms with Crippen LogP contribution in [0.4, 0.5) is 0 Å². The Labute approximate surface area is 77.2 Å². The first-order chi connectivity index (χ1) is 5.78. The lowest BCUT2D eigenvalue weighted by Gasteiger charge is -2.24. The number of hydrogen-bond donors (Lipinski definition) is 1. The fourth-order valence-electron chi connectivity index (χ4n) is 0.586. The Morgan fingerprint density at radius 1 is 1.54 bits per heavy atom. The summed E-state index contributed by atoms with van der Waals surface area (Å²) in [6.07, 6.45) is 0.161. The molecule has 0 aliphatic rings. The third-order valence-corrected chi connectivity index (χ3v) is 1.25. The first-order valence-electron chi connectivity index (χ1n) is 3.93. The van der Waals surface area contributed by atoms with Crippen molar-refractivity contribution in [1.82, 2.24) is 5.06 Å². The van der Waals surface area contributed by atoms with Gasteiger partial charge in [-0.05, 0) is 27.7 Å². The van der Waals surface area contributed by atoms with Crippen LogP contribution in [0.1, 0.15) is 27.7 Å². The minimum absolute atomic E-state index is 0.161. The van der Waals surface area contributed by atoms with E-state index < -0.39 is 17.6 Å². The number of rotatable bonds is 3. The molecule has 0 heterocycles. The quantitative estimate of drug-likeness (QED) is 0.305. The van der Waals surface area contributed by atoms with Crippen LogP contribution in [0.5, 0.6) is 0 Å². The molecule has 0 rings (SSSR count). The molecule has 0 saturated heterocycles. The Balaban J connectivity index is 4.19. The molecule has 5 heteroatoms. The maximum Gasteiger partial charge on any atom is 0.331 e. The van der Waals surface area contributed by atoms with Crippen LogP contribution >= 0.6 is 0 Å². The molecule has 0 aromatic carbocycles. The number of carbonyl (C=O) groups is 2. The Hall–Kier alpha value is -1.10. The Morgan fingerprint density at radius 2 is 2.00 bits per heavy atom. The number of nitrogens with zero attached hydrogens (tertiary/aromatic N) is 1. The van der Waals surface area contributed by atoms with E-state index in [0.717, 1.165) is 0 Å². The minimum atomic E-state index is -0.975. The van der Waals surface area contributed by atoms with Crippen LogP contribution in [0.25, 0.3) is 0 Å². The number of carbonyl (C=O) groups excluding carboxylic acids is 2. The van der Waals surface area contributed by atoms with Gasteiger partial charge in [-0.25, -0.2) is 9.86 Å². The molecule has 0 spiro atoms. The lowest BCUT2D eigenvalue weighted by atomic mass is 10.2. The first kappa shape index (κ1) is 11.9. The van der Waals surface area contributed by atoms with Crippen molar-refractivity contribution in [1.29, 1.82) is 0 Å². The van der Waals surface area contributed by atoms with Crippen molar-refractivity contribution in [3.05, 3.63) is 0 Å². The first-order valence-corrected chi connectivity index (χ1v) is 3.93. The van der Waals surface area contributed by atoms with E-state index in [1.165, 1.54) is 6.92 Å². The van der Waals surface area contributed by atoms with Gasteiger partial charge in [-0.2, -0.15) is 0 Å². The van der Waals surface area contributed by atoms with Crippen molar-refractivity contribution in [2.45, 2.75) is 39.3 Å². The minimum Gasteiger partial charge on any atom is -0.458 e. The van der Waals surface area contributed by atoms with Gasteiger partial charge >= 0.3 is 5.97 Å². The van der Waals surface area contributed by atoms with Gasteiger partial charge in [0.2, 0.25) is 6.41 Å². The summed E-state index contributed by atoms with van der Waals surface area (Å²) in [5, 5.41) is 9.13. The van der Waals surface area contributed by atoms with Crippen LogP contribution in [0.3, 0.4) is 0 Å². The molecule has 5 nitrogen and oxygen atoms in total. The molecule has 1 atom stereocenters. The summed E-state index contributed by atoms with van der Waals surface area (Å²) in [5.41, 5.74) is -0.616. The highest BCUT2D eigenvalue weighted by molar-refractivity contribution is 5.77. The Kier molecular flexibility index (Phi) is 3.87. The summed E-state index contributed by atoms with van der Waals surface area (Å²) in [6, 6.07) is -0.975. The molecule has 0 aliphatic carbocycles. The van der Waals surface area contributed by atoms with E-state index in [1.54, 1.807) is 20.8 Å². The fourth-order valence-corrected chi connectivity index (χ4v) is 0.586. The molecule has 76 valence electrons. The molecule has 1 unspecified atom stereocenters. The smallest absolute Gasteiger partial charge is 0.331 e. The van der Waals surface area contributed by atoms with E-state index in [0.29, 0.717) is 0 Å². The summed E-state index contributed by atoms with van der Waals surface area (Å²) in [5.74, 6) is -0.637. The van der Waals surface area contributed by atoms with Crippen LogP contribution in [-0.2, 0) is 14.3 Å². The second-order valence-electron chi connectivity index (χ2n) is 3.69. The van der Waals surface area contributed by atoms with Crippen LogP contribution in [0.15, 0.2) is 0 Å². The van der Waals surface area contributed by atoms with Crippen molar-refractivity contribution in [2.24, 2.45) is 0 Å². The van der Waals surface area contributed by atoms with E-state index in [4.69, 9.17) is 9.94 Å². The van der Waals surface area contributed by atoms with Crippen molar-refractivity contribution in [2.75, 3.05) is 0 Å². The van der Waals surface area contributed by atoms with Gasteiger partial charge in [0.05, 0.1) is 0 Å². The number of esters is 1. The maximum atomic E-state index is 11.2. The summed E-state index contributed by atoms with van der Waals surface area (Å²) >= 11 is 0. The number of hydrogen-bond acceptors (Lipinski definition) is 4. The summed E-state index contributed by atoms with van der Waals surface area (Å²) in [7, 11) is 0. The molecule has 0 aromatic heterocycles. The normalized spacial score (nSPS) is 13.3. The third-order valence-electron chi connectivity index (χ3n) is 1.25. The predicted octanol–water partition coefficient (Wildman–Crippen LogP) is 0.564. The van der Waals surface area contributed by atoms with E-state index in [1.807, 2.05) is 0 Å². The molecule has 0 aromatic rings. The standard InChI is InChI=1S/C8H15NO4/c1-6(9(12)5-10)7(11)13-8(2,3)4/h5-6,12H,1-4H3. The van der Waals surface area contributed by atoms with Gasteiger partial charge in [0.25, 0.3) is 0 Å². The van der Waals surface area contributed by atoms with Gasteiger partial charge in [0.1, 0.15) is 5.60 Å². The zero-order valence-electron chi connectivity index (χ0n) is 8.27. The lowest BCUT2D eigenvalue weighted by Crippen LogP contribution is -2.40. The van der Waals surface area contributed by atoms with Crippen LogP contribution < -0.4 is 0 Å². The SMILES string of the molecule is CC(C(=O)OC(C)(C)C)N(O)C=O. The Morgan fingerprint density at radius 3 is 2.31 bits per heavy atom. The van der Waals surface area contributed by atoms with Crippen LogP contribution in [0, 0.1) is 0 Å². The molecule has 1 N–H and O–H groups in total. The zero-order valence-corrected chi connectivity index (χ0v) is 8.27. The van der Waals surface area contributed by atoms with Gasteiger partial charge in [0.15, 0.2) is 6.04 Å². The maximum absolute atomic E-state index is 11.2. The lowest BCUT2D eigenvalue weighted by molar-refractivity contribution is -0.183. The molecule has 0 fully saturated rings. The molecule has 0 aliphatic heterocycles. The Bertz CT molecular complexity index is 197. The van der Waals surface area contributed by atoms with E-state index in [2.05, 4.69) is 0 Å². The molecular formula is C8H15NO4. The second kappa shape index (κ2) is 4.23. The second-order valence-corrected chi connectivity index (χ2v) is 3.69. The summed E-state index contributed by atoms with van der Waals surface area (Å²) in [4.78, 5) is 21.3. The molecule has 1 amide bonds. The van der Waals surface area contributed by atoms with Gasteiger partial charge in [-0.3, -0.25) is 10.0 Å². The predicted molar refractivity (Wildman–Crippen MR) is 45.0 cm³/mol. The fraction of sp³-hybridized carbons (Fsp3) is 0.750.